The number of likely N-dealkylation sites (N-methyl/N-ethyl adjacent to an activating group) is 1. The molecule has 0 aliphatic carbocycles. The molecule has 1 amide bonds. The number of aryl methyl sites for hydroxylation is 1. The van der Waals surface area contributed by atoms with Gasteiger partial charge in [-0.05, 0) is 49.2 Å². The summed E-state index contributed by atoms with van der Waals surface area (Å²) in [6.07, 6.45) is 0.891. The lowest BCUT2D eigenvalue weighted by Crippen LogP contribution is -2.30. The minimum atomic E-state index is -0.357. The van der Waals surface area contributed by atoms with E-state index in [4.69, 9.17) is 9.15 Å². The molecule has 3 aromatic rings. The Bertz CT molecular complexity index is 951. The average molecular weight is 382 g/mol. The first-order valence-electron chi connectivity index (χ1n) is 9.05. The molecule has 3 rings (SSSR count). The molecule has 146 valence electrons. The monoisotopic (exact) mass is 382 g/mol. The highest BCUT2D eigenvalue weighted by atomic mass is 19.1. The number of hydrogen-bond donors (Lipinski definition) is 0. The highest BCUT2D eigenvalue weighted by molar-refractivity contribution is 5.78. The van der Waals surface area contributed by atoms with Crippen LogP contribution in [0.5, 0.6) is 5.75 Å². The van der Waals surface area contributed by atoms with Crippen LogP contribution in [0.3, 0.4) is 0 Å². The Labute approximate surface area is 163 Å². The van der Waals surface area contributed by atoms with Crippen molar-refractivity contribution in [2.75, 3.05) is 20.7 Å². The smallest absolute Gasteiger partial charge is 0.228 e. The predicted molar refractivity (Wildman–Crippen MR) is 105 cm³/mol. The fourth-order valence-corrected chi connectivity index (χ4v) is 2.83. The lowest BCUT2D eigenvalue weighted by molar-refractivity contribution is -0.129. The van der Waals surface area contributed by atoms with E-state index in [1.807, 2.05) is 24.3 Å². The van der Waals surface area contributed by atoms with Crippen molar-refractivity contribution in [3.05, 3.63) is 71.4 Å². The number of rotatable bonds is 7. The molecule has 0 saturated heterocycles. The van der Waals surface area contributed by atoms with E-state index in [1.54, 1.807) is 38.1 Å². The first-order chi connectivity index (χ1) is 13.5. The highest BCUT2D eigenvalue weighted by Crippen LogP contribution is 2.23. The van der Waals surface area contributed by atoms with Crippen molar-refractivity contribution in [2.45, 2.75) is 19.8 Å². The van der Waals surface area contributed by atoms with E-state index in [1.165, 1.54) is 12.1 Å². The van der Waals surface area contributed by atoms with Crippen LogP contribution in [0.1, 0.15) is 17.0 Å². The van der Waals surface area contributed by atoms with Crippen LogP contribution in [0, 0.1) is 12.7 Å². The lowest BCUT2D eigenvalue weighted by atomic mass is 10.1. The second-order valence-electron chi connectivity index (χ2n) is 6.62. The molecular formula is C22H23FN2O3. The third kappa shape index (κ3) is 4.76. The van der Waals surface area contributed by atoms with Crippen molar-refractivity contribution < 1.29 is 18.3 Å². The Kier molecular flexibility index (Phi) is 6.09. The van der Waals surface area contributed by atoms with Gasteiger partial charge in [0.15, 0.2) is 0 Å². The van der Waals surface area contributed by atoms with Crippen LogP contribution in [0.25, 0.3) is 11.5 Å². The van der Waals surface area contributed by atoms with E-state index in [0.29, 0.717) is 29.5 Å². The van der Waals surface area contributed by atoms with Gasteiger partial charge in [0.1, 0.15) is 17.3 Å². The van der Waals surface area contributed by atoms with Gasteiger partial charge >= 0.3 is 0 Å². The van der Waals surface area contributed by atoms with Gasteiger partial charge in [-0.15, -0.1) is 0 Å². The lowest BCUT2D eigenvalue weighted by Gasteiger charge is -2.16. The minimum Gasteiger partial charge on any atom is -0.497 e. The summed E-state index contributed by atoms with van der Waals surface area (Å²) in [6.45, 7) is 2.36. The van der Waals surface area contributed by atoms with Crippen molar-refractivity contribution in [1.29, 1.82) is 0 Å². The number of nitrogens with zero attached hydrogens (tertiary/aromatic N) is 2. The molecule has 1 heterocycles. The minimum absolute atomic E-state index is 0.0456. The van der Waals surface area contributed by atoms with Crippen molar-refractivity contribution in [1.82, 2.24) is 9.88 Å². The molecule has 0 bridgehead atoms. The topological polar surface area (TPSA) is 55.6 Å². The summed E-state index contributed by atoms with van der Waals surface area (Å²) in [5.74, 6) is 1.29. The van der Waals surface area contributed by atoms with Gasteiger partial charge < -0.3 is 14.1 Å². The summed E-state index contributed by atoms with van der Waals surface area (Å²) in [4.78, 5) is 18.6. The van der Waals surface area contributed by atoms with Gasteiger partial charge in [-0.1, -0.05) is 18.2 Å². The second kappa shape index (κ2) is 8.69. The third-order valence-corrected chi connectivity index (χ3v) is 4.60. The quantitative estimate of drug-likeness (QED) is 0.619. The normalized spacial score (nSPS) is 10.7. The van der Waals surface area contributed by atoms with Crippen molar-refractivity contribution in [3.63, 3.8) is 0 Å². The van der Waals surface area contributed by atoms with E-state index in [9.17, 15) is 9.18 Å². The van der Waals surface area contributed by atoms with E-state index in [0.717, 1.165) is 17.7 Å². The Hall–Kier alpha value is -3.15. The van der Waals surface area contributed by atoms with E-state index in [-0.39, 0.29) is 18.1 Å². The van der Waals surface area contributed by atoms with Crippen molar-refractivity contribution in [2.24, 2.45) is 0 Å². The van der Waals surface area contributed by atoms with Crippen LogP contribution in [0.15, 0.2) is 52.9 Å². The average Bonchev–Trinajstić information content (AvgIpc) is 3.07. The molecule has 0 aliphatic rings. The molecule has 28 heavy (non-hydrogen) atoms. The number of amides is 1. The van der Waals surface area contributed by atoms with Gasteiger partial charge in [0, 0.05) is 19.2 Å². The van der Waals surface area contributed by atoms with Gasteiger partial charge in [0.05, 0.1) is 19.2 Å². The molecule has 2 aromatic carbocycles. The SMILES string of the molecule is COc1ccc(CCN(C)C(=O)Cc2nc(-c3cccc(F)c3)oc2C)cc1. The van der Waals surface area contributed by atoms with Gasteiger partial charge in [-0.3, -0.25) is 4.79 Å². The first-order valence-corrected chi connectivity index (χ1v) is 9.05. The summed E-state index contributed by atoms with van der Waals surface area (Å²) < 4.78 is 24.2. The van der Waals surface area contributed by atoms with Gasteiger partial charge in [0.2, 0.25) is 11.8 Å². The van der Waals surface area contributed by atoms with Gasteiger partial charge in [0.25, 0.3) is 0 Å². The number of carbonyl (C=O) groups is 1. The standard InChI is InChI=1S/C22H23FN2O3/c1-15-20(24-22(28-15)17-5-4-6-18(23)13-17)14-21(26)25(2)12-11-16-7-9-19(27-3)10-8-16/h4-10,13H,11-12,14H2,1-3H3. The maximum Gasteiger partial charge on any atom is 0.228 e. The predicted octanol–water partition coefficient (Wildman–Crippen LogP) is 4.04. The highest BCUT2D eigenvalue weighted by Gasteiger charge is 2.17. The Morgan fingerprint density at radius 3 is 2.64 bits per heavy atom. The van der Waals surface area contributed by atoms with Crippen molar-refractivity contribution in [3.8, 4) is 17.2 Å². The summed E-state index contributed by atoms with van der Waals surface area (Å²) >= 11 is 0. The molecular weight excluding hydrogens is 359 g/mol. The maximum absolute atomic E-state index is 13.4. The summed E-state index contributed by atoms with van der Waals surface area (Å²) in [6, 6.07) is 13.8. The van der Waals surface area contributed by atoms with Crippen LogP contribution < -0.4 is 4.74 Å². The molecule has 0 atom stereocenters. The number of hydrogen-bond acceptors (Lipinski definition) is 4. The molecule has 6 heteroatoms. The van der Waals surface area contributed by atoms with Crippen LogP contribution in [0.2, 0.25) is 0 Å². The summed E-state index contributed by atoms with van der Waals surface area (Å²) in [5, 5.41) is 0. The van der Waals surface area contributed by atoms with Crippen molar-refractivity contribution >= 4 is 5.91 Å². The number of methoxy groups -OCH3 is 1. The molecule has 0 unspecified atom stereocenters. The molecule has 5 nitrogen and oxygen atoms in total. The molecule has 0 saturated carbocycles. The molecule has 0 N–H and O–H groups in total. The van der Waals surface area contributed by atoms with E-state index >= 15 is 0 Å². The number of ether oxygens (including phenoxy) is 1. The van der Waals surface area contributed by atoms with Crippen LogP contribution >= 0.6 is 0 Å². The van der Waals surface area contributed by atoms with Crippen LogP contribution in [-0.4, -0.2) is 36.5 Å². The summed E-state index contributed by atoms with van der Waals surface area (Å²) in [5.41, 5.74) is 2.25. The molecule has 0 fully saturated rings. The first kappa shape index (κ1) is 19.6. The fourth-order valence-electron chi connectivity index (χ4n) is 2.83. The fraction of sp³-hybridized carbons (Fsp3) is 0.273. The van der Waals surface area contributed by atoms with E-state index < -0.39 is 0 Å². The number of aromatic nitrogens is 1. The number of halogens is 1. The zero-order valence-corrected chi connectivity index (χ0v) is 16.2. The van der Waals surface area contributed by atoms with E-state index in [2.05, 4.69) is 4.98 Å². The molecule has 0 radical (unpaired) electrons. The third-order valence-electron chi connectivity index (χ3n) is 4.60. The van der Waals surface area contributed by atoms with Gasteiger partial charge in [-0.25, -0.2) is 9.37 Å². The number of benzene rings is 2. The largest absolute Gasteiger partial charge is 0.497 e. The zero-order valence-electron chi connectivity index (χ0n) is 16.2. The Morgan fingerprint density at radius 1 is 1.21 bits per heavy atom. The Morgan fingerprint density at radius 2 is 1.96 bits per heavy atom. The summed E-state index contributed by atoms with van der Waals surface area (Å²) in [7, 11) is 3.40. The van der Waals surface area contributed by atoms with Crippen LogP contribution in [0.4, 0.5) is 4.39 Å². The number of carbonyl (C=O) groups excluding carboxylic acids is 1. The van der Waals surface area contributed by atoms with Crippen LogP contribution in [-0.2, 0) is 17.6 Å². The van der Waals surface area contributed by atoms with Gasteiger partial charge in [-0.2, -0.15) is 0 Å². The molecule has 0 aliphatic heterocycles. The zero-order chi connectivity index (χ0) is 20.1. The molecule has 1 aromatic heterocycles. The maximum atomic E-state index is 13.4. The number of oxazole rings is 1. The second-order valence-corrected chi connectivity index (χ2v) is 6.62. The Balaban J connectivity index is 1.60. The molecule has 0 spiro atoms.